The van der Waals surface area contributed by atoms with Crippen LogP contribution in [0.1, 0.15) is 24.8 Å². The number of nitrogens with zero attached hydrogens (tertiary/aromatic N) is 4. The number of aromatic nitrogens is 4. The fourth-order valence-electron chi connectivity index (χ4n) is 2.41. The topological polar surface area (TPSA) is 72.7 Å². The molecule has 25 heavy (non-hydrogen) atoms. The van der Waals surface area contributed by atoms with Crippen molar-refractivity contribution < 1.29 is 9.18 Å². The zero-order valence-corrected chi connectivity index (χ0v) is 14.7. The van der Waals surface area contributed by atoms with Gasteiger partial charge in [0.05, 0.1) is 6.04 Å². The molecule has 0 aliphatic heterocycles. The van der Waals surface area contributed by atoms with E-state index < -0.39 is 0 Å². The maximum Gasteiger partial charge on any atom is 0.244 e. The quantitative estimate of drug-likeness (QED) is 0.734. The van der Waals surface area contributed by atoms with E-state index in [2.05, 4.69) is 34.6 Å². The molecule has 3 rings (SSSR count). The molecule has 1 atom stereocenters. The second-order valence-corrected chi connectivity index (χ2v) is 6.93. The molecule has 0 spiro atoms. The Morgan fingerprint density at radius 1 is 1.28 bits per heavy atom. The number of hydrogen-bond donors (Lipinski definition) is 1. The smallest absolute Gasteiger partial charge is 0.244 e. The molecule has 6 nitrogen and oxygen atoms in total. The van der Waals surface area contributed by atoms with Gasteiger partial charge in [-0.05, 0) is 46.8 Å². The number of thiophene rings is 1. The second kappa shape index (κ2) is 7.52. The van der Waals surface area contributed by atoms with Gasteiger partial charge in [0.1, 0.15) is 12.4 Å². The Bertz CT molecular complexity index is 829. The maximum absolute atomic E-state index is 13.0. The van der Waals surface area contributed by atoms with E-state index in [0.717, 1.165) is 4.88 Å². The van der Waals surface area contributed by atoms with Gasteiger partial charge in [-0.1, -0.05) is 19.9 Å². The van der Waals surface area contributed by atoms with Crippen molar-refractivity contribution in [2.75, 3.05) is 0 Å². The zero-order chi connectivity index (χ0) is 17.8. The fourth-order valence-corrected chi connectivity index (χ4v) is 3.36. The first-order valence-electron chi connectivity index (χ1n) is 7.89. The van der Waals surface area contributed by atoms with E-state index in [9.17, 15) is 9.18 Å². The summed E-state index contributed by atoms with van der Waals surface area (Å²) < 4.78 is 13.0. The first-order valence-corrected chi connectivity index (χ1v) is 8.77. The van der Waals surface area contributed by atoms with E-state index >= 15 is 0 Å². The van der Waals surface area contributed by atoms with Gasteiger partial charge in [-0.25, -0.2) is 4.39 Å². The van der Waals surface area contributed by atoms with Gasteiger partial charge < -0.3 is 5.32 Å². The average Bonchev–Trinajstić information content (AvgIpc) is 3.25. The predicted octanol–water partition coefficient (Wildman–Crippen LogP) is 3.05. The SMILES string of the molecule is CC(C)[C@H](NC(=O)Cn1nnc(-c2ccc(F)cc2)n1)c1cccs1. The van der Waals surface area contributed by atoms with E-state index in [1.807, 2.05) is 17.5 Å². The summed E-state index contributed by atoms with van der Waals surface area (Å²) in [4.78, 5) is 14.7. The minimum absolute atomic E-state index is 0.0250. The lowest BCUT2D eigenvalue weighted by Crippen LogP contribution is -2.34. The molecule has 2 aromatic heterocycles. The largest absolute Gasteiger partial charge is 0.347 e. The van der Waals surface area contributed by atoms with Crippen LogP contribution in [-0.2, 0) is 11.3 Å². The van der Waals surface area contributed by atoms with Crippen molar-refractivity contribution in [1.29, 1.82) is 0 Å². The van der Waals surface area contributed by atoms with Crippen LogP contribution in [0.3, 0.4) is 0 Å². The summed E-state index contributed by atoms with van der Waals surface area (Å²) >= 11 is 1.61. The van der Waals surface area contributed by atoms with Gasteiger partial charge in [-0.3, -0.25) is 4.79 Å². The molecule has 0 radical (unpaired) electrons. The van der Waals surface area contributed by atoms with E-state index in [4.69, 9.17) is 0 Å². The van der Waals surface area contributed by atoms with Crippen LogP contribution in [0.25, 0.3) is 11.4 Å². The summed E-state index contributed by atoms with van der Waals surface area (Å²) in [7, 11) is 0. The van der Waals surface area contributed by atoms with Gasteiger partial charge in [0, 0.05) is 10.4 Å². The molecular weight excluding hydrogens is 341 g/mol. The highest BCUT2D eigenvalue weighted by molar-refractivity contribution is 7.10. The van der Waals surface area contributed by atoms with Crippen LogP contribution in [0.4, 0.5) is 4.39 Å². The molecule has 1 N–H and O–H groups in total. The standard InChI is InChI=1S/C17H18FN5OS/c1-11(2)16(14-4-3-9-25-14)19-15(24)10-23-21-17(20-22-23)12-5-7-13(18)8-6-12/h3-9,11,16H,10H2,1-2H3,(H,19,24)/t16-/m0/s1. The molecular formula is C17H18FN5OS. The number of hydrogen-bond acceptors (Lipinski definition) is 5. The van der Waals surface area contributed by atoms with Gasteiger partial charge >= 0.3 is 0 Å². The maximum atomic E-state index is 13.0. The number of carbonyl (C=O) groups is 1. The molecule has 130 valence electrons. The van der Waals surface area contributed by atoms with E-state index in [0.29, 0.717) is 11.4 Å². The van der Waals surface area contributed by atoms with Crippen LogP contribution in [0, 0.1) is 11.7 Å². The Balaban J connectivity index is 1.66. The van der Waals surface area contributed by atoms with Gasteiger partial charge in [0.25, 0.3) is 0 Å². The Kier molecular flexibility index (Phi) is 5.18. The molecule has 0 saturated heterocycles. The van der Waals surface area contributed by atoms with Crippen molar-refractivity contribution in [3.05, 3.63) is 52.5 Å². The first-order chi connectivity index (χ1) is 12.0. The second-order valence-electron chi connectivity index (χ2n) is 5.95. The summed E-state index contributed by atoms with van der Waals surface area (Å²) in [5, 5.41) is 17.0. The highest BCUT2D eigenvalue weighted by Crippen LogP contribution is 2.25. The Morgan fingerprint density at radius 3 is 2.68 bits per heavy atom. The Morgan fingerprint density at radius 2 is 2.04 bits per heavy atom. The zero-order valence-electron chi connectivity index (χ0n) is 13.9. The molecule has 3 aromatic rings. The number of tetrazole rings is 1. The van der Waals surface area contributed by atoms with E-state index in [-0.39, 0.29) is 30.2 Å². The highest BCUT2D eigenvalue weighted by atomic mass is 32.1. The molecule has 0 aliphatic carbocycles. The molecule has 0 bridgehead atoms. The normalized spacial score (nSPS) is 12.3. The van der Waals surface area contributed by atoms with Crippen LogP contribution in [0.15, 0.2) is 41.8 Å². The van der Waals surface area contributed by atoms with Gasteiger partial charge in [0.15, 0.2) is 0 Å². The van der Waals surface area contributed by atoms with Crippen molar-refractivity contribution in [3.63, 3.8) is 0 Å². The van der Waals surface area contributed by atoms with Crippen LogP contribution >= 0.6 is 11.3 Å². The lowest BCUT2D eigenvalue weighted by molar-refractivity contribution is -0.123. The van der Waals surface area contributed by atoms with Gasteiger partial charge in [-0.15, -0.1) is 21.5 Å². The predicted molar refractivity (Wildman–Crippen MR) is 93.3 cm³/mol. The third-order valence-corrected chi connectivity index (χ3v) is 4.63. The summed E-state index contributed by atoms with van der Waals surface area (Å²) in [6.45, 7) is 4.10. The molecule has 2 heterocycles. The fraction of sp³-hybridized carbons (Fsp3) is 0.294. The average molecular weight is 359 g/mol. The molecule has 0 aliphatic rings. The first kappa shape index (κ1) is 17.2. The Hall–Kier alpha value is -2.61. The third-order valence-electron chi connectivity index (χ3n) is 3.67. The number of rotatable bonds is 6. The summed E-state index contributed by atoms with van der Waals surface area (Å²) in [5.74, 6) is 0.103. The highest BCUT2D eigenvalue weighted by Gasteiger charge is 2.20. The van der Waals surface area contributed by atoms with Crippen molar-refractivity contribution in [2.24, 2.45) is 5.92 Å². The van der Waals surface area contributed by atoms with Crippen LogP contribution in [0.5, 0.6) is 0 Å². The lowest BCUT2D eigenvalue weighted by Gasteiger charge is -2.21. The molecule has 1 amide bonds. The van der Waals surface area contributed by atoms with Crippen LogP contribution < -0.4 is 5.32 Å². The molecule has 8 heteroatoms. The summed E-state index contributed by atoms with van der Waals surface area (Å²) in [6.07, 6.45) is 0. The lowest BCUT2D eigenvalue weighted by atomic mass is 10.0. The number of carbonyl (C=O) groups excluding carboxylic acids is 1. The van der Waals surface area contributed by atoms with Gasteiger partial charge in [0.2, 0.25) is 11.7 Å². The molecule has 0 fully saturated rings. The molecule has 1 aromatic carbocycles. The minimum atomic E-state index is -0.330. The van der Waals surface area contributed by atoms with Crippen molar-refractivity contribution in [3.8, 4) is 11.4 Å². The summed E-state index contributed by atoms with van der Waals surface area (Å²) in [5.41, 5.74) is 0.645. The number of benzene rings is 1. The Labute approximate surface area is 148 Å². The van der Waals surface area contributed by atoms with Crippen LogP contribution in [-0.4, -0.2) is 26.1 Å². The van der Waals surface area contributed by atoms with Crippen molar-refractivity contribution in [2.45, 2.75) is 26.4 Å². The third kappa shape index (κ3) is 4.27. The molecule has 0 saturated carbocycles. The minimum Gasteiger partial charge on any atom is -0.347 e. The van der Waals surface area contributed by atoms with Crippen molar-refractivity contribution >= 4 is 17.2 Å². The monoisotopic (exact) mass is 359 g/mol. The van der Waals surface area contributed by atoms with E-state index in [1.54, 1.807) is 23.5 Å². The van der Waals surface area contributed by atoms with Crippen LogP contribution in [0.2, 0.25) is 0 Å². The summed E-state index contributed by atoms with van der Waals surface area (Å²) in [6, 6.07) is 9.73. The van der Waals surface area contributed by atoms with Gasteiger partial charge in [-0.2, -0.15) is 4.80 Å². The van der Waals surface area contributed by atoms with Crippen molar-refractivity contribution in [1.82, 2.24) is 25.5 Å². The number of nitrogens with one attached hydrogen (secondary N) is 1. The number of amides is 1. The number of halogens is 1. The van der Waals surface area contributed by atoms with E-state index in [1.165, 1.54) is 16.9 Å². The molecule has 0 unspecified atom stereocenters.